The highest BCUT2D eigenvalue weighted by Crippen LogP contribution is 2.33. The van der Waals surface area contributed by atoms with Gasteiger partial charge >= 0.3 is 5.97 Å². The molecule has 1 saturated heterocycles. The first kappa shape index (κ1) is 15.2. The fourth-order valence-electron chi connectivity index (χ4n) is 3.03. The zero-order valence-electron chi connectivity index (χ0n) is 12.8. The number of amides is 1. The van der Waals surface area contributed by atoms with Crippen molar-refractivity contribution in [2.45, 2.75) is 12.8 Å². The predicted octanol–water partition coefficient (Wildman–Crippen LogP) is 2.33. The van der Waals surface area contributed by atoms with Crippen LogP contribution in [0.15, 0.2) is 48.7 Å². The Hall–Kier alpha value is -2.69. The molecule has 0 unspecified atom stereocenters. The summed E-state index contributed by atoms with van der Waals surface area (Å²) in [5.74, 6) is -1.80. The molecule has 1 aromatic heterocycles. The third-order valence-electron chi connectivity index (χ3n) is 4.31. The summed E-state index contributed by atoms with van der Waals surface area (Å²) < 4.78 is 0. The van der Waals surface area contributed by atoms with Crippen molar-refractivity contribution in [3.63, 3.8) is 0 Å². The number of carbonyl (C=O) groups excluding carboxylic acids is 1. The van der Waals surface area contributed by atoms with Gasteiger partial charge in [-0.3, -0.25) is 14.6 Å². The number of hydrogen-bond acceptors (Lipinski definition) is 3. The minimum atomic E-state index is -0.865. The topological polar surface area (TPSA) is 70.5 Å². The first-order chi connectivity index (χ1) is 11.1. The lowest BCUT2D eigenvalue weighted by atomic mass is 9.89. The van der Waals surface area contributed by atoms with Crippen molar-refractivity contribution in [2.75, 3.05) is 13.1 Å². The van der Waals surface area contributed by atoms with Crippen molar-refractivity contribution >= 4 is 11.9 Å². The molecule has 0 spiro atoms. The Morgan fingerprint density at radius 2 is 1.87 bits per heavy atom. The summed E-state index contributed by atoms with van der Waals surface area (Å²) in [4.78, 5) is 29.9. The number of hydrogen-bond donors (Lipinski definition) is 1. The molecule has 0 saturated carbocycles. The fourth-order valence-corrected chi connectivity index (χ4v) is 3.03. The van der Waals surface area contributed by atoms with Gasteiger partial charge in [-0.1, -0.05) is 30.3 Å². The molecular weight excluding hydrogens is 292 g/mol. The summed E-state index contributed by atoms with van der Waals surface area (Å²) in [6.07, 6.45) is 1.54. The monoisotopic (exact) mass is 310 g/mol. The van der Waals surface area contributed by atoms with E-state index in [2.05, 4.69) is 4.98 Å². The Morgan fingerprint density at radius 1 is 1.13 bits per heavy atom. The lowest BCUT2D eigenvalue weighted by molar-refractivity contribution is -0.141. The van der Waals surface area contributed by atoms with E-state index < -0.39 is 11.9 Å². The van der Waals surface area contributed by atoms with E-state index in [4.69, 9.17) is 0 Å². The number of rotatable bonds is 3. The summed E-state index contributed by atoms with van der Waals surface area (Å²) >= 11 is 0. The number of pyridine rings is 1. The van der Waals surface area contributed by atoms with E-state index in [1.165, 1.54) is 0 Å². The van der Waals surface area contributed by atoms with Crippen molar-refractivity contribution < 1.29 is 14.7 Å². The van der Waals surface area contributed by atoms with Crippen molar-refractivity contribution in [2.24, 2.45) is 5.92 Å². The number of likely N-dealkylation sites (tertiary alicyclic amines) is 1. The molecule has 0 bridgehead atoms. The molecule has 3 rings (SSSR count). The largest absolute Gasteiger partial charge is 0.481 e. The summed E-state index contributed by atoms with van der Waals surface area (Å²) in [5, 5.41) is 9.50. The second-order valence-corrected chi connectivity index (χ2v) is 5.86. The van der Waals surface area contributed by atoms with Crippen LogP contribution in [0.5, 0.6) is 0 Å². The summed E-state index contributed by atoms with van der Waals surface area (Å²) in [5.41, 5.74) is 2.29. The van der Waals surface area contributed by atoms with Gasteiger partial charge in [-0.2, -0.15) is 0 Å². The predicted molar refractivity (Wildman–Crippen MR) is 85.2 cm³/mol. The second kappa shape index (κ2) is 6.20. The number of aromatic nitrogens is 1. The van der Waals surface area contributed by atoms with E-state index >= 15 is 0 Å². The minimum absolute atomic E-state index is 0.165. The standard InChI is InChI=1S/C18H18N2O3/c1-12-7-8-14(9-19-12)17(21)20-10-15(16(11-20)18(22)23)13-5-3-2-4-6-13/h2-9,15-16H,10-11H2,1H3,(H,22,23)/t15-,16+/m0/s1. The molecule has 1 aliphatic rings. The van der Waals surface area contributed by atoms with Gasteiger partial charge in [-0.15, -0.1) is 0 Å². The molecule has 2 aromatic rings. The van der Waals surface area contributed by atoms with Gasteiger partial charge < -0.3 is 10.0 Å². The van der Waals surface area contributed by atoms with Gasteiger partial charge in [0.05, 0.1) is 11.5 Å². The molecule has 5 heteroatoms. The van der Waals surface area contributed by atoms with Gasteiger partial charge in [0.15, 0.2) is 0 Å². The van der Waals surface area contributed by atoms with Crippen LogP contribution in [0.3, 0.4) is 0 Å². The fraction of sp³-hybridized carbons (Fsp3) is 0.278. The number of nitrogens with zero attached hydrogens (tertiary/aromatic N) is 2. The highest BCUT2D eigenvalue weighted by Gasteiger charge is 2.40. The molecule has 1 amide bonds. The maximum atomic E-state index is 12.6. The molecule has 0 aliphatic carbocycles. The number of carbonyl (C=O) groups is 2. The van der Waals surface area contributed by atoms with E-state index in [1.54, 1.807) is 23.2 Å². The lowest BCUT2D eigenvalue weighted by Gasteiger charge is -2.16. The van der Waals surface area contributed by atoms with E-state index in [-0.39, 0.29) is 18.4 Å². The first-order valence-corrected chi connectivity index (χ1v) is 7.56. The Labute approximate surface area is 134 Å². The Bertz CT molecular complexity index is 713. The van der Waals surface area contributed by atoms with Crippen molar-refractivity contribution in [1.29, 1.82) is 0 Å². The van der Waals surface area contributed by atoms with Gasteiger partial charge in [0.1, 0.15) is 0 Å². The second-order valence-electron chi connectivity index (χ2n) is 5.86. The number of carboxylic acid groups (broad SMARTS) is 1. The van der Waals surface area contributed by atoms with E-state index in [0.29, 0.717) is 12.1 Å². The Morgan fingerprint density at radius 3 is 2.48 bits per heavy atom. The van der Waals surface area contributed by atoms with Gasteiger partial charge in [0.25, 0.3) is 5.91 Å². The summed E-state index contributed by atoms with van der Waals surface area (Å²) in [6, 6.07) is 13.0. The summed E-state index contributed by atoms with van der Waals surface area (Å²) in [7, 11) is 0. The smallest absolute Gasteiger partial charge is 0.308 e. The third kappa shape index (κ3) is 3.08. The van der Waals surface area contributed by atoms with E-state index in [9.17, 15) is 14.7 Å². The molecule has 1 fully saturated rings. The van der Waals surface area contributed by atoms with Crippen LogP contribution >= 0.6 is 0 Å². The molecular formula is C18H18N2O3. The van der Waals surface area contributed by atoms with Gasteiger partial charge in [0, 0.05) is 30.9 Å². The van der Waals surface area contributed by atoms with Crippen molar-refractivity contribution in [1.82, 2.24) is 9.88 Å². The van der Waals surface area contributed by atoms with Gasteiger partial charge in [-0.05, 0) is 24.6 Å². The summed E-state index contributed by atoms with van der Waals surface area (Å²) in [6.45, 7) is 2.49. The zero-order chi connectivity index (χ0) is 16.4. The number of aliphatic carboxylic acids is 1. The quantitative estimate of drug-likeness (QED) is 0.944. The SMILES string of the molecule is Cc1ccc(C(=O)N2C[C@@H](C(=O)O)[C@H](c3ccccc3)C2)cn1. The highest BCUT2D eigenvalue weighted by molar-refractivity contribution is 5.94. The van der Waals surface area contributed by atoms with Crippen LogP contribution in [0.25, 0.3) is 0 Å². The van der Waals surface area contributed by atoms with Crippen LogP contribution in [-0.4, -0.2) is 40.0 Å². The zero-order valence-corrected chi connectivity index (χ0v) is 12.8. The van der Waals surface area contributed by atoms with Gasteiger partial charge in [0.2, 0.25) is 0 Å². The molecule has 5 nitrogen and oxygen atoms in total. The van der Waals surface area contributed by atoms with Crippen molar-refractivity contribution in [3.8, 4) is 0 Å². The van der Waals surface area contributed by atoms with Crippen LogP contribution < -0.4 is 0 Å². The van der Waals surface area contributed by atoms with E-state index in [1.807, 2.05) is 37.3 Å². The third-order valence-corrected chi connectivity index (χ3v) is 4.31. The van der Waals surface area contributed by atoms with Crippen LogP contribution in [0.1, 0.15) is 27.5 Å². The number of aryl methyl sites for hydroxylation is 1. The van der Waals surface area contributed by atoms with Crippen LogP contribution in [-0.2, 0) is 4.79 Å². The number of benzene rings is 1. The normalized spacial score (nSPS) is 20.5. The average Bonchev–Trinajstić information content (AvgIpc) is 3.01. The maximum absolute atomic E-state index is 12.6. The Balaban J connectivity index is 1.84. The molecule has 1 aliphatic heterocycles. The van der Waals surface area contributed by atoms with Crippen LogP contribution in [0.4, 0.5) is 0 Å². The van der Waals surface area contributed by atoms with Crippen LogP contribution in [0, 0.1) is 12.8 Å². The van der Waals surface area contributed by atoms with Gasteiger partial charge in [-0.25, -0.2) is 0 Å². The molecule has 2 heterocycles. The molecule has 2 atom stereocenters. The highest BCUT2D eigenvalue weighted by atomic mass is 16.4. The Kier molecular flexibility index (Phi) is 4.10. The molecule has 118 valence electrons. The molecule has 1 N–H and O–H groups in total. The maximum Gasteiger partial charge on any atom is 0.308 e. The van der Waals surface area contributed by atoms with E-state index in [0.717, 1.165) is 11.3 Å². The molecule has 23 heavy (non-hydrogen) atoms. The molecule has 1 aromatic carbocycles. The first-order valence-electron chi connectivity index (χ1n) is 7.56. The van der Waals surface area contributed by atoms with Crippen molar-refractivity contribution in [3.05, 3.63) is 65.5 Å². The van der Waals surface area contributed by atoms with Crippen LogP contribution in [0.2, 0.25) is 0 Å². The number of carboxylic acids is 1. The molecule has 0 radical (unpaired) electrons. The lowest BCUT2D eigenvalue weighted by Crippen LogP contribution is -2.30. The minimum Gasteiger partial charge on any atom is -0.481 e. The average molecular weight is 310 g/mol.